The average Bonchev–Trinajstić information content (AvgIpc) is 1.63. The van der Waals surface area contributed by atoms with Gasteiger partial charge in [-0.25, -0.2) is 0 Å². The number of Topliss-reactive ketones (excluding diaryl/α,β-unsaturated/α-hetero) is 1. The zero-order valence-electron chi connectivity index (χ0n) is 5.48. The molecule has 0 aromatic rings. The van der Waals surface area contributed by atoms with E-state index in [-0.39, 0.29) is 11.7 Å². The first kappa shape index (κ1) is 8.27. The van der Waals surface area contributed by atoms with Gasteiger partial charge in [-0.2, -0.15) is 4.39 Å². The number of hydrogen-bond donors (Lipinski definition) is 0. The van der Waals surface area contributed by atoms with Gasteiger partial charge in [-0.15, -0.1) is 0 Å². The fourth-order valence-electron chi connectivity index (χ4n) is 0.341. The number of carbonyl (C=O) groups excluding carboxylic acids is 2. The number of carbonyl (C=O) groups is 2. The topological polar surface area (TPSA) is 34.1 Å². The highest BCUT2D eigenvalue weighted by Crippen LogP contribution is 1.98. The van der Waals surface area contributed by atoms with Gasteiger partial charge in [0.05, 0.1) is 6.42 Å². The molecular weight excluding hydrogens is 123 g/mol. The van der Waals surface area contributed by atoms with Crippen molar-refractivity contribution in [2.45, 2.75) is 20.3 Å². The van der Waals surface area contributed by atoms with Crippen molar-refractivity contribution in [1.29, 1.82) is 0 Å². The van der Waals surface area contributed by atoms with E-state index in [2.05, 4.69) is 0 Å². The maximum absolute atomic E-state index is 11.5. The highest BCUT2D eigenvalue weighted by molar-refractivity contribution is 5.95. The summed E-state index contributed by atoms with van der Waals surface area (Å²) in [4.78, 5) is 20.2. The minimum Gasteiger partial charge on any atom is -0.299 e. The van der Waals surface area contributed by atoms with E-state index in [1.54, 1.807) is 13.8 Å². The van der Waals surface area contributed by atoms with Crippen LogP contribution in [0, 0.1) is 5.92 Å². The van der Waals surface area contributed by atoms with Crippen LogP contribution in [0.5, 0.6) is 0 Å². The predicted molar refractivity (Wildman–Crippen MR) is 30.6 cm³/mol. The molecule has 0 saturated heterocycles. The third kappa shape index (κ3) is 3.82. The Hall–Kier alpha value is -0.730. The fourth-order valence-corrected chi connectivity index (χ4v) is 0.341. The van der Waals surface area contributed by atoms with Crippen LogP contribution in [0.1, 0.15) is 20.3 Å². The summed E-state index contributed by atoms with van der Waals surface area (Å²) >= 11 is 0. The molecule has 2 nitrogen and oxygen atoms in total. The molecule has 0 unspecified atom stereocenters. The molecule has 9 heavy (non-hydrogen) atoms. The Morgan fingerprint density at radius 3 is 2.00 bits per heavy atom. The predicted octanol–water partition coefficient (Wildman–Crippen LogP) is 1.10. The Morgan fingerprint density at radius 2 is 1.89 bits per heavy atom. The lowest BCUT2D eigenvalue weighted by Crippen LogP contribution is -2.09. The van der Waals surface area contributed by atoms with E-state index in [1.165, 1.54) is 0 Å². The van der Waals surface area contributed by atoms with Gasteiger partial charge in [0, 0.05) is 5.92 Å². The Kier molecular flexibility index (Phi) is 3.06. The highest BCUT2D eigenvalue weighted by atomic mass is 19.1. The Labute approximate surface area is 53.1 Å². The summed E-state index contributed by atoms with van der Waals surface area (Å²) < 4.78 is 11.5. The minimum atomic E-state index is -1.55. The largest absolute Gasteiger partial charge is 0.308 e. The van der Waals surface area contributed by atoms with Gasteiger partial charge in [0.15, 0.2) is 0 Å². The van der Waals surface area contributed by atoms with Crippen LogP contribution in [-0.2, 0) is 9.59 Å². The maximum atomic E-state index is 11.5. The second-order valence-corrected chi connectivity index (χ2v) is 2.15. The van der Waals surface area contributed by atoms with E-state index in [0.29, 0.717) is 0 Å². The number of halogens is 1. The van der Waals surface area contributed by atoms with Crippen LogP contribution in [0.15, 0.2) is 0 Å². The second-order valence-electron chi connectivity index (χ2n) is 2.15. The van der Waals surface area contributed by atoms with Gasteiger partial charge in [0.1, 0.15) is 5.78 Å². The summed E-state index contributed by atoms with van der Waals surface area (Å²) in [5.74, 6) is -0.591. The normalized spacial score (nSPS) is 9.78. The molecule has 0 N–H and O–H groups in total. The molecule has 0 aliphatic rings. The van der Waals surface area contributed by atoms with Crippen LogP contribution < -0.4 is 0 Å². The summed E-state index contributed by atoms with van der Waals surface area (Å²) in [6.45, 7) is 3.26. The Morgan fingerprint density at radius 1 is 1.44 bits per heavy atom. The molecular formula is C6H9FO2. The quantitative estimate of drug-likeness (QED) is 0.425. The average molecular weight is 132 g/mol. The van der Waals surface area contributed by atoms with Crippen LogP contribution >= 0.6 is 0 Å². The second kappa shape index (κ2) is 3.33. The molecule has 0 saturated carbocycles. The molecule has 52 valence electrons. The van der Waals surface area contributed by atoms with Crippen LogP contribution in [0.4, 0.5) is 4.39 Å². The molecule has 0 aromatic carbocycles. The van der Waals surface area contributed by atoms with Crippen LogP contribution in [0.3, 0.4) is 0 Å². The number of rotatable bonds is 3. The first-order chi connectivity index (χ1) is 4.04. The molecule has 0 rings (SSSR count). The lowest BCUT2D eigenvalue weighted by Gasteiger charge is -1.96. The molecule has 0 fully saturated rings. The monoisotopic (exact) mass is 132 g/mol. The van der Waals surface area contributed by atoms with Crippen molar-refractivity contribution in [3.63, 3.8) is 0 Å². The van der Waals surface area contributed by atoms with Gasteiger partial charge in [-0.1, -0.05) is 13.8 Å². The summed E-state index contributed by atoms with van der Waals surface area (Å²) in [7, 11) is 0. The standard InChI is InChI=1S/C6H9FO2/c1-4(2)5(8)3-6(7)9/h4H,3H2,1-2H3. The Bertz CT molecular complexity index is 129. The fraction of sp³-hybridized carbons (Fsp3) is 0.667. The molecule has 0 radical (unpaired) electrons. The van der Waals surface area contributed by atoms with Gasteiger partial charge in [-0.3, -0.25) is 9.59 Å². The molecule has 0 heterocycles. The summed E-state index contributed by atoms with van der Waals surface area (Å²) in [5, 5.41) is 0. The molecule has 0 aromatic heterocycles. The van der Waals surface area contributed by atoms with E-state index in [1.807, 2.05) is 0 Å². The summed E-state index contributed by atoms with van der Waals surface area (Å²) in [6, 6.07) is -1.55. The van der Waals surface area contributed by atoms with Crippen molar-refractivity contribution >= 4 is 11.8 Å². The first-order valence-corrected chi connectivity index (χ1v) is 2.75. The molecule has 0 spiro atoms. The Balaban J connectivity index is 3.64. The molecule has 0 aliphatic heterocycles. The number of ketones is 1. The zero-order valence-corrected chi connectivity index (χ0v) is 5.48. The van der Waals surface area contributed by atoms with Crippen molar-refractivity contribution in [2.24, 2.45) is 5.92 Å². The van der Waals surface area contributed by atoms with E-state index >= 15 is 0 Å². The third-order valence-corrected chi connectivity index (χ3v) is 0.957. The van der Waals surface area contributed by atoms with Crippen molar-refractivity contribution in [1.82, 2.24) is 0 Å². The van der Waals surface area contributed by atoms with Crippen molar-refractivity contribution in [3.8, 4) is 0 Å². The van der Waals surface area contributed by atoms with E-state index in [4.69, 9.17) is 0 Å². The third-order valence-electron chi connectivity index (χ3n) is 0.957. The van der Waals surface area contributed by atoms with Crippen LogP contribution in [0.25, 0.3) is 0 Å². The van der Waals surface area contributed by atoms with E-state index < -0.39 is 12.5 Å². The first-order valence-electron chi connectivity index (χ1n) is 2.75. The minimum absolute atomic E-state index is 0.246. The summed E-state index contributed by atoms with van der Waals surface area (Å²) in [6.07, 6.45) is -0.572. The maximum Gasteiger partial charge on any atom is 0.308 e. The van der Waals surface area contributed by atoms with Gasteiger partial charge >= 0.3 is 6.04 Å². The summed E-state index contributed by atoms with van der Waals surface area (Å²) in [5.41, 5.74) is 0. The van der Waals surface area contributed by atoms with Gasteiger partial charge < -0.3 is 0 Å². The molecule has 0 bridgehead atoms. The lowest BCUT2D eigenvalue weighted by molar-refractivity contribution is -0.134. The van der Waals surface area contributed by atoms with Gasteiger partial charge in [-0.05, 0) is 0 Å². The zero-order chi connectivity index (χ0) is 7.44. The van der Waals surface area contributed by atoms with E-state index in [9.17, 15) is 14.0 Å². The van der Waals surface area contributed by atoms with Crippen LogP contribution in [0.2, 0.25) is 0 Å². The lowest BCUT2D eigenvalue weighted by atomic mass is 10.1. The smallest absolute Gasteiger partial charge is 0.299 e. The van der Waals surface area contributed by atoms with Crippen molar-refractivity contribution in [2.75, 3.05) is 0 Å². The molecule has 0 aliphatic carbocycles. The van der Waals surface area contributed by atoms with E-state index in [0.717, 1.165) is 0 Å². The number of hydrogen-bond acceptors (Lipinski definition) is 2. The highest BCUT2D eigenvalue weighted by Gasteiger charge is 2.11. The van der Waals surface area contributed by atoms with Crippen molar-refractivity contribution < 1.29 is 14.0 Å². The van der Waals surface area contributed by atoms with Gasteiger partial charge in [0.25, 0.3) is 0 Å². The van der Waals surface area contributed by atoms with Gasteiger partial charge in [0.2, 0.25) is 0 Å². The van der Waals surface area contributed by atoms with Crippen LogP contribution in [-0.4, -0.2) is 11.8 Å². The molecule has 3 heteroatoms. The molecule has 0 amide bonds. The SMILES string of the molecule is CC(C)C(=O)CC(=O)F. The molecule has 0 atom stereocenters. The van der Waals surface area contributed by atoms with Crippen molar-refractivity contribution in [3.05, 3.63) is 0 Å².